The number of imidazole rings is 1. The summed E-state index contributed by atoms with van der Waals surface area (Å²) < 4.78 is 1.68. The van der Waals surface area contributed by atoms with Crippen LogP contribution in [0.1, 0.15) is 39.2 Å². The molecule has 0 radical (unpaired) electrons. The zero-order valence-corrected chi connectivity index (χ0v) is 15.1. The summed E-state index contributed by atoms with van der Waals surface area (Å²) in [7, 11) is 0. The molecule has 1 amide bonds. The van der Waals surface area contributed by atoms with Crippen LogP contribution in [0.2, 0.25) is 0 Å². The van der Waals surface area contributed by atoms with Gasteiger partial charge in [-0.1, -0.05) is 51.1 Å². The van der Waals surface area contributed by atoms with Gasteiger partial charge in [-0.3, -0.25) is 0 Å². The molecule has 0 bridgehead atoms. The van der Waals surface area contributed by atoms with E-state index in [1.54, 1.807) is 23.3 Å². The lowest BCUT2D eigenvalue weighted by Crippen LogP contribution is -2.50. The number of hydrogen-bond acceptors (Lipinski definition) is 3. The third-order valence-corrected chi connectivity index (χ3v) is 4.55. The molecule has 0 spiro atoms. The number of nitrogens with zero attached hydrogens (tertiary/aromatic N) is 4. The van der Waals surface area contributed by atoms with Crippen LogP contribution >= 0.6 is 0 Å². The molecule has 0 saturated heterocycles. The van der Waals surface area contributed by atoms with Gasteiger partial charge in [0.25, 0.3) is 0 Å². The minimum atomic E-state index is -0.0378. The van der Waals surface area contributed by atoms with Crippen LogP contribution in [0.25, 0.3) is 0 Å². The van der Waals surface area contributed by atoms with Crippen LogP contribution in [0.5, 0.6) is 0 Å². The van der Waals surface area contributed by atoms with Gasteiger partial charge in [0.05, 0.1) is 0 Å². The summed E-state index contributed by atoms with van der Waals surface area (Å²) in [5.74, 6) is 0.282. The van der Waals surface area contributed by atoms with Crippen molar-refractivity contribution in [2.75, 3.05) is 0 Å². The van der Waals surface area contributed by atoms with Crippen LogP contribution in [0.4, 0.5) is 4.79 Å². The second-order valence-corrected chi connectivity index (χ2v) is 6.75. The first-order valence-corrected chi connectivity index (χ1v) is 8.82. The Labute approximate surface area is 148 Å². The van der Waals surface area contributed by atoms with Crippen LogP contribution in [0.3, 0.4) is 0 Å². The monoisotopic (exact) mass is 337 g/mol. The standard InChI is InChI=1S/C20H25N4O/c1-4-8-18-19(16(2)3)22-15-24(18,13-17-9-6-5-7-10-17)20(25)23-12-11-21-14-23/h5-7,9-12,14-16H,4,8,13H2,1-3H3/q+1. The van der Waals surface area contributed by atoms with Crippen LogP contribution in [-0.4, -0.2) is 26.4 Å². The molecule has 0 aliphatic carbocycles. The maximum Gasteiger partial charge on any atom is 0.439 e. The van der Waals surface area contributed by atoms with E-state index in [1.807, 2.05) is 24.5 Å². The van der Waals surface area contributed by atoms with Crippen LogP contribution in [-0.2, 0) is 6.54 Å². The Morgan fingerprint density at radius 3 is 2.60 bits per heavy atom. The van der Waals surface area contributed by atoms with E-state index in [9.17, 15) is 4.79 Å². The predicted octanol–water partition coefficient (Wildman–Crippen LogP) is 4.58. The fourth-order valence-corrected chi connectivity index (χ4v) is 3.37. The molecular weight excluding hydrogens is 312 g/mol. The molecule has 2 aromatic rings. The average molecular weight is 337 g/mol. The van der Waals surface area contributed by atoms with Gasteiger partial charge < -0.3 is 0 Å². The molecule has 5 nitrogen and oxygen atoms in total. The molecule has 1 unspecified atom stereocenters. The molecule has 1 atom stereocenters. The molecule has 1 aromatic carbocycles. The zero-order chi connectivity index (χ0) is 17.9. The smallest absolute Gasteiger partial charge is 0.245 e. The first kappa shape index (κ1) is 17.3. The average Bonchev–Trinajstić information content (AvgIpc) is 3.25. The van der Waals surface area contributed by atoms with E-state index in [4.69, 9.17) is 0 Å². The van der Waals surface area contributed by atoms with E-state index in [2.05, 4.69) is 42.9 Å². The van der Waals surface area contributed by atoms with Gasteiger partial charge in [-0.05, 0) is 6.42 Å². The molecule has 1 aromatic heterocycles. The molecule has 0 fully saturated rings. The molecule has 130 valence electrons. The molecule has 5 heteroatoms. The van der Waals surface area contributed by atoms with Gasteiger partial charge in [0.1, 0.15) is 24.3 Å². The number of rotatable bonds is 5. The number of benzene rings is 1. The third-order valence-electron chi connectivity index (χ3n) is 4.55. The second-order valence-electron chi connectivity index (χ2n) is 6.75. The summed E-state index contributed by atoms with van der Waals surface area (Å²) in [6.45, 7) is 6.97. The summed E-state index contributed by atoms with van der Waals surface area (Å²) in [6, 6.07) is 10.1. The lowest BCUT2D eigenvalue weighted by Gasteiger charge is -2.30. The number of aromatic nitrogens is 2. The van der Waals surface area contributed by atoms with Crippen molar-refractivity contribution in [1.82, 2.24) is 9.55 Å². The number of allylic oxidation sites excluding steroid dienone is 2. The first-order chi connectivity index (χ1) is 12.1. The van der Waals surface area contributed by atoms with Gasteiger partial charge >= 0.3 is 6.03 Å². The summed E-state index contributed by atoms with van der Waals surface area (Å²) in [5.41, 5.74) is 3.24. The molecule has 2 heterocycles. The Hall–Kier alpha value is -2.53. The number of amides is 1. The highest BCUT2D eigenvalue weighted by Gasteiger charge is 2.46. The number of hydrogen-bond donors (Lipinski definition) is 0. The highest BCUT2D eigenvalue weighted by Crippen LogP contribution is 2.36. The Balaban J connectivity index is 2.12. The molecule has 0 saturated carbocycles. The molecule has 1 aliphatic rings. The fourth-order valence-electron chi connectivity index (χ4n) is 3.37. The van der Waals surface area contributed by atoms with Crippen molar-refractivity contribution in [3.05, 3.63) is 66.0 Å². The van der Waals surface area contributed by atoms with E-state index in [1.165, 1.54) is 0 Å². The van der Waals surface area contributed by atoms with Crippen molar-refractivity contribution in [3.63, 3.8) is 0 Å². The van der Waals surface area contributed by atoms with Crippen molar-refractivity contribution in [2.24, 2.45) is 10.9 Å². The SMILES string of the molecule is CCCC1=C(C(C)C)N=C[N+]1(Cc1ccccc1)C(=O)n1ccnc1. The third kappa shape index (κ3) is 3.20. The van der Waals surface area contributed by atoms with E-state index >= 15 is 0 Å². The number of carbonyl (C=O) groups excluding carboxylic acids is 1. The normalized spacial score (nSPS) is 19.8. The Morgan fingerprint density at radius 2 is 2.00 bits per heavy atom. The number of carbonyl (C=O) groups is 1. The maximum atomic E-state index is 13.5. The van der Waals surface area contributed by atoms with Crippen LogP contribution in [0, 0.1) is 5.92 Å². The lowest BCUT2D eigenvalue weighted by atomic mass is 10.0. The van der Waals surface area contributed by atoms with Gasteiger partial charge in [0.2, 0.25) is 6.34 Å². The Bertz CT molecular complexity index is 790. The predicted molar refractivity (Wildman–Crippen MR) is 98.7 cm³/mol. The Morgan fingerprint density at radius 1 is 1.24 bits per heavy atom. The van der Waals surface area contributed by atoms with E-state index in [-0.39, 0.29) is 16.4 Å². The quantitative estimate of drug-likeness (QED) is 0.750. The minimum Gasteiger partial charge on any atom is -0.245 e. The molecule has 3 rings (SSSR count). The van der Waals surface area contributed by atoms with Crippen molar-refractivity contribution in [2.45, 2.75) is 40.2 Å². The van der Waals surface area contributed by atoms with Crippen LogP contribution < -0.4 is 0 Å². The summed E-state index contributed by atoms with van der Waals surface area (Å²) in [5, 5.41) is 0. The maximum absolute atomic E-state index is 13.5. The van der Waals surface area contributed by atoms with Crippen molar-refractivity contribution in [3.8, 4) is 0 Å². The number of aliphatic imine (C=N–C) groups is 1. The van der Waals surface area contributed by atoms with Crippen molar-refractivity contribution >= 4 is 12.4 Å². The van der Waals surface area contributed by atoms with Gasteiger partial charge in [0, 0.05) is 30.3 Å². The number of quaternary nitrogens is 1. The minimum absolute atomic E-state index is 0.0378. The zero-order valence-electron chi connectivity index (χ0n) is 15.1. The summed E-state index contributed by atoms with van der Waals surface area (Å²) in [4.78, 5) is 22.2. The highest BCUT2D eigenvalue weighted by molar-refractivity contribution is 5.81. The van der Waals surface area contributed by atoms with Gasteiger partial charge in [-0.2, -0.15) is 4.48 Å². The van der Waals surface area contributed by atoms with Gasteiger partial charge in [-0.15, -0.1) is 0 Å². The lowest BCUT2D eigenvalue weighted by molar-refractivity contribution is -0.724. The summed E-state index contributed by atoms with van der Waals surface area (Å²) in [6.07, 6.45) is 8.55. The second kappa shape index (κ2) is 7.15. The first-order valence-electron chi connectivity index (χ1n) is 8.82. The van der Waals surface area contributed by atoms with Crippen LogP contribution in [0.15, 0.2) is 65.4 Å². The Kier molecular flexibility index (Phi) is 4.95. The van der Waals surface area contributed by atoms with E-state index in [0.29, 0.717) is 6.54 Å². The van der Waals surface area contributed by atoms with Crippen molar-refractivity contribution in [1.29, 1.82) is 0 Å². The summed E-state index contributed by atoms with van der Waals surface area (Å²) >= 11 is 0. The molecule has 25 heavy (non-hydrogen) atoms. The van der Waals surface area contributed by atoms with E-state index in [0.717, 1.165) is 29.8 Å². The van der Waals surface area contributed by atoms with Crippen molar-refractivity contribution < 1.29 is 9.28 Å². The fraction of sp³-hybridized carbons (Fsp3) is 0.350. The van der Waals surface area contributed by atoms with Gasteiger partial charge in [-0.25, -0.2) is 19.3 Å². The molecule has 0 N–H and O–H groups in total. The molecule has 1 aliphatic heterocycles. The van der Waals surface area contributed by atoms with Gasteiger partial charge in [0.15, 0.2) is 0 Å². The highest BCUT2D eigenvalue weighted by atomic mass is 16.2. The van der Waals surface area contributed by atoms with E-state index < -0.39 is 0 Å². The molecular formula is C20H25N4O+. The largest absolute Gasteiger partial charge is 0.439 e. The topological polar surface area (TPSA) is 47.2 Å².